The second-order valence-electron chi connectivity index (χ2n) is 2.27. The number of nitrogens with zero attached hydrogens (tertiary/aromatic N) is 2. The van der Waals surface area contributed by atoms with E-state index in [0.29, 0.717) is 6.07 Å². The van der Waals surface area contributed by atoms with Gasteiger partial charge in [0.25, 0.3) is 6.43 Å². The summed E-state index contributed by atoms with van der Waals surface area (Å²) in [4.78, 5) is 12.4. The molecule has 0 saturated carbocycles. The minimum Gasteiger partial charge on any atom is -0.501 e. The lowest BCUT2D eigenvalue weighted by atomic mass is 10.3. The molecular formula is C6H3BrF2N2O3. The highest BCUT2D eigenvalue weighted by Gasteiger charge is 2.24. The van der Waals surface area contributed by atoms with E-state index in [1.54, 1.807) is 0 Å². The fourth-order valence-electron chi connectivity index (χ4n) is 0.774. The summed E-state index contributed by atoms with van der Waals surface area (Å²) in [6, 6.07) is 0.611. The average Bonchev–Trinajstić information content (AvgIpc) is 2.07. The van der Waals surface area contributed by atoms with E-state index >= 15 is 0 Å². The second-order valence-corrected chi connectivity index (χ2v) is 3.02. The Kier molecular flexibility index (Phi) is 2.94. The van der Waals surface area contributed by atoms with E-state index in [1.807, 2.05) is 0 Å². The molecule has 0 aliphatic carbocycles. The molecule has 0 radical (unpaired) electrons. The normalized spacial score (nSPS) is 10.6. The highest BCUT2D eigenvalue weighted by molar-refractivity contribution is 9.10. The Morgan fingerprint density at radius 1 is 1.64 bits per heavy atom. The fraction of sp³-hybridized carbons (Fsp3) is 0.167. The lowest BCUT2D eigenvalue weighted by Crippen LogP contribution is -1.97. The van der Waals surface area contributed by atoms with Crippen LogP contribution in [-0.2, 0) is 0 Å². The Labute approximate surface area is 84.7 Å². The van der Waals surface area contributed by atoms with Gasteiger partial charge in [-0.2, -0.15) is 0 Å². The van der Waals surface area contributed by atoms with E-state index < -0.39 is 28.5 Å². The third kappa shape index (κ3) is 1.95. The zero-order valence-electron chi connectivity index (χ0n) is 6.45. The number of alkyl halides is 2. The first-order valence-corrected chi connectivity index (χ1v) is 4.04. The van der Waals surface area contributed by atoms with Gasteiger partial charge in [-0.05, 0) is 9.91 Å². The summed E-state index contributed by atoms with van der Waals surface area (Å²) in [6.45, 7) is 0. The SMILES string of the molecule is O=[N+]([O-])c1nc(Br)c(C(F)F)cc1O. The van der Waals surface area contributed by atoms with Crippen LogP contribution in [0.4, 0.5) is 14.6 Å². The van der Waals surface area contributed by atoms with Gasteiger partial charge in [0.05, 0.1) is 5.56 Å². The third-order valence-electron chi connectivity index (χ3n) is 1.37. The number of aromatic nitrogens is 1. The molecule has 8 heteroatoms. The summed E-state index contributed by atoms with van der Waals surface area (Å²) in [7, 11) is 0. The molecule has 0 atom stereocenters. The van der Waals surface area contributed by atoms with Gasteiger partial charge in [-0.25, -0.2) is 8.78 Å². The van der Waals surface area contributed by atoms with E-state index in [0.717, 1.165) is 0 Å². The van der Waals surface area contributed by atoms with Crippen molar-refractivity contribution >= 4 is 21.7 Å². The zero-order chi connectivity index (χ0) is 10.9. The van der Waals surface area contributed by atoms with Crippen molar-refractivity contribution in [2.75, 3.05) is 0 Å². The number of hydrogen-bond acceptors (Lipinski definition) is 4. The van der Waals surface area contributed by atoms with Crippen LogP contribution in [-0.4, -0.2) is 15.0 Å². The molecule has 0 aromatic carbocycles. The molecule has 76 valence electrons. The standard InChI is InChI=1S/C6H3BrF2N2O3/c7-4-2(5(8)9)1-3(12)6(10-4)11(13)14/h1,5,12H. The molecule has 1 rings (SSSR count). The Hall–Kier alpha value is -1.31. The van der Waals surface area contributed by atoms with Crippen LogP contribution < -0.4 is 0 Å². The Morgan fingerprint density at radius 3 is 2.64 bits per heavy atom. The average molecular weight is 269 g/mol. The highest BCUT2D eigenvalue weighted by Crippen LogP contribution is 2.33. The molecule has 1 N–H and O–H groups in total. The van der Waals surface area contributed by atoms with Crippen molar-refractivity contribution in [3.05, 3.63) is 26.3 Å². The molecule has 0 aliphatic rings. The van der Waals surface area contributed by atoms with Crippen molar-refractivity contribution in [1.29, 1.82) is 0 Å². The minimum atomic E-state index is -2.86. The summed E-state index contributed by atoms with van der Waals surface area (Å²) in [5.41, 5.74) is -0.590. The van der Waals surface area contributed by atoms with Crippen molar-refractivity contribution in [1.82, 2.24) is 4.98 Å². The van der Waals surface area contributed by atoms with Gasteiger partial charge in [0, 0.05) is 22.0 Å². The quantitative estimate of drug-likeness (QED) is 0.508. The lowest BCUT2D eigenvalue weighted by molar-refractivity contribution is -0.390. The van der Waals surface area contributed by atoms with E-state index in [-0.39, 0.29) is 4.60 Å². The first-order valence-electron chi connectivity index (χ1n) is 3.25. The van der Waals surface area contributed by atoms with E-state index in [9.17, 15) is 18.9 Å². The third-order valence-corrected chi connectivity index (χ3v) is 2.01. The first-order chi connectivity index (χ1) is 6.43. The highest BCUT2D eigenvalue weighted by atomic mass is 79.9. The van der Waals surface area contributed by atoms with Gasteiger partial charge in [-0.15, -0.1) is 0 Å². The molecule has 0 aliphatic heterocycles. The summed E-state index contributed by atoms with van der Waals surface area (Å²) in [5, 5.41) is 19.2. The Bertz CT molecular complexity index is 386. The molecule has 5 nitrogen and oxygen atoms in total. The summed E-state index contributed by atoms with van der Waals surface area (Å²) in [6.07, 6.45) is -2.86. The number of halogens is 3. The van der Waals surface area contributed by atoms with Gasteiger partial charge in [0.1, 0.15) is 0 Å². The van der Waals surface area contributed by atoms with Crippen LogP contribution in [0.5, 0.6) is 5.75 Å². The maximum atomic E-state index is 12.2. The minimum absolute atomic E-state index is 0.350. The molecule has 14 heavy (non-hydrogen) atoms. The molecule has 0 amide bonds. The largest absolute Gasteiger partial charge is 0.501 e. The van der Waals surface area contributed by atoms with Crippen molar-refractivity contribution < 1.29 is 18.8 Å². The fourth-order valence-corrected chi connectivity index (χ4v) is 1.23. The van der Waals surface area contributed by atoms with Crippen LogP contribution in [0.1, 0.15) is 12.0 Å². The molecule has 0 fully saturated rings. The predicted molar refractivity (Wildman–Crippen MR) is 45.2 cm³/mol. The Balaban J connectivity index is 3.31. The molecule has 0 unspecified atom stereocenters. The number of pyridine rings is 1. The van der Waals surface area contributed by atoms with Gasteiger partial charge >= 0.3 is 5.82 Å². The topological polar surface area (TPSA) is 76.3 Å². The van der Waals surface area contributed by atoms with Crippen molar-refractivity contribution in [2.45, 2.75) is 6.43 Å². The van der Waals surface area contributed by atoms with Crippen LogP contribution in [0.3, 0.4) is 0 Å². The zero-order valence-corrected chi connectivity index (χ0v) is 8.03. The number of hydrogen-bond donors (Lipinski definition) is 1. The summed E-state index contributed by atoms with van der Waals surface area (Å²) >= 11 is 2.64. The van der Waals surface area contributed by atoms with Crippen LogP contribution in [0.25, 0.3) is 0 Å². The maximum Gasteiger partial charge on any atom is 0.407 e. The van der Waals surface area contributed by atoms with Crippen molar-refractivity contribution in [2.24, 2.45) is 0 Å². The molecule has 0 saturated heterocycles. The predicted octanol–water partition coefficient (Wildman–Crippen LogP) is 2.40. The van der Waals surface area contributed by atoms with E-state index in [4.69, 9.17) is 5.11 Å². The van der Waals surface area contributed by atoms with E-state index in [2.05, 4.69) is 20.9 Å². The molecule has 1 aromatic rings. The van der Waals surface area contributed by atoms with Crippen LogP contribution in [0.15, 0.2) is 10.7 Å². The molecule has 0 spiro atoms. The second kappa shape index (κ2) is 3.82. The van der Waals surface area contributed by atoms with Crippen LogP contribution in [0, 0.1) is 10.1 Å². The number of rotatable bonds is 2. The van der Waals surface area contributed by atoms with Crippen molar-refractivity contribution in [3.8, 4) is 5.75 Å². The smallest absolute Gasteiger partial charge is 0.407 e. The van der Waals surface area contributed by atoms with Gasteiger partial charge in [-0.1, -0.05) is 0 Å². The molecule has 1 aromatic heterocycles. The number of aromatic hydroxyl groups is 1. The summed E-state index contributed by atoms with van der Waals surface area (Å²) in [5.74, 6) is -1.74. The van der Waals surface area contributed by atoms with Gasteiger partial charge in [0.15, 0.2) is 0 Å². The first kappa shape index (κ1) is 10.8. The van der Waals surface area contributed by atoms with Gasteiger partial charge < -0.3 is 15.2 Å². The Morgan fingerprint density at radius 2 is 2.21 bits per heavy atom. The van der Waals surface area contributed by atoms with Gasteiger partial charge in [-0.3, -0.25) is 0 Å². The van der Waals surface area contributed by atoms with Crippen LogP contribution in [0.2, 0.25) is 0 Å². The maximum absolute atomic E-state index is 12.2. The van der Waals surface area contributed by atoms with Gasteiger partial charge in [0.2, 0.25) is 10.4 Å². The van der Waals surface area contributed by atoms with Crippen molar-refractivity contribution in [3.63, 3.8) is 0 Å². The molecule has 0 bridgehead atoms. The molecule has 1 heterocycles. The number of nitro groups is 1. The van der Waals surface area contributed by atoms with Crippen LogP contribution >= 0.6 is 15.9 Å². The molecular weight excluding hydrogens is 266 g/mol. The van der Waals surface area contributed by atoms with E-state index in [1.165, 1.54) is 0 Å². The monoisotopic (exact) mass is 268 g/mol. The lowest BCUT2D eigenvalue weighted by Gasteiger charge is -2.01. The summed E-state index contributed by atoms with van der Waals surface area (Å²) < 4.78 is 24.0.